The fraction of sp³-hybridized carbons (Fsp3) is 0.318. The third-order valence-corrected chi connectivity index (χ3v) is 5.10. The second-order valence-electron chi connectivity index (χ2n) is 7.59. The summed E-state index contributed by atoms with van der Waals surface area (Å²) in [5.41, 5.74) is -0.360. The van der Waals surface area contributed by atoms with Crippen molar-refractivity contribution in [2.75, 3.05) is 6.61 Å². The van der Waals surface area contributed by atoms with Gasteiger partial charge in [0.15, 0.2) is 0 Å². The topological polar surface area (TPSA) is 122 Å². The molecule has 9 nitrogen and oxygen atoms in total. The van der Waals surface area contributed by atoms with Crippen molar-refractivity contribution < 1.29 is 14.9 Å². The molecule has 1 atom stereocenters. The van der Waals surface area contributed by atoms with Crippen molar-refractivity contribution in [3.8, 4) is 5.75 Å². The number of hydrogen-bond acceptors (Lipinski definition) is 6. The first kappa shape index (κ1) is 24.8. The lowest BCUT2D eigenvalue weighted by molar-refractivity contribution is 0.0783. The van der Waals surface area contributed by atoms with Crippen molar-refractivity contribution in [2.45, 2.75) is 39.1 Å². The third kappa shape index (κ3) is 6.35. The molecule has 0 radical (unpaired) electrons. The van der Waals surface area contributed by atoms with Gasteiger partial charge in [0.05, 0.1) is 42.6 Å². The Labute approximate surface area is 199 Å². The number of aliphatic hydroxyl groups is 2. The minimum absolute atomic E-state index is 0.0108. The van der Waals surface area contributed by atoms with Gasteiger partial charge in [0, 0.05) is 5.02 Å². The second-order valence-corrected chi connectivity index (χ2v) is 8.43. The van der Waals surface area contributed by atoms with Crippen LogP contribution in [0.1, 0.15) is 19.4 Å². The Morgan fingerprint density at radius 3 is 2.39 bits per heavy atom. The predicted molar refractivity (Wildman–Crippen MR) is 125 cm³/mol. The Hall–Kier alpha value is -2.85. The van der Waals surface area contributed by atoms with Crippen LogP contribution in [-0.4, -0.2) is 43.1 Å². The molecule has 1 unspecified atom stereocenters. The van der Waals surface area contributed by atoms with E-state index in [9.17, 15) is 14.7 Å². The fourth-order valence-electron chi connectivity index (χ4n) is 3.02. The number of H-pyrrole nitrogens is 1. The van der Waals surface area contributed by atoms with E-state index in [-0.39, 0.29) is 24.8 Å². The number of aromatic nitrogens is 3. The molecular formula is C22H24Cl2N4O5. The van der Waals surface area contributed by atoms with Crippen molar-refractivity contribution in [1.82, 2.24) is 14.1 Å². The molecule has 176 valence electrons. The van der Waals surface area contributed by atoms with Gasteiger partial charge in [0.25, 0.3) is 0 Å². The maximum atomic E-state index is 13.1. The Morgan fingerprint density at radius 1 is 1.09 bits per heavy atom. The summed E-state index contributed by atoms with van der Waals surface area (Å²) in [4.78, 5) is 32.7. The normalized spacial score (nSPS) is 12.9. The van der Waals surface area contributed by atoms with E-state index in [1.54, 1.807) is 42.5 Å². The van der Waals surface area contributed by atoms with E-state index in [0.29, 0.717) is 21.5 Å². The van der Waals surface area contributed by atoms with Crippen molar-refractivity contribution in [3.63, 3.8) is 0 Å². The maximum absolute atomic E-state index is 13.1. The number of nitrogens with zero attached hydrogens (tertiary/aromatic N) is 3. The molecule has 1 heterocycles. The minimum Gasteiger partial charge on any atom is -0.489 e. The molecule has 3 rings (SSSR count). The summed E-state index contributed by atoms with van der Waals surface area (Å²) in [6.45, 7) is 2.85. The van der Waals surface area contributed by atoms with Gasteiger partial charge in [-0.15, -0.1) is 0 Å². The van der Waals surface area contributed by atoms with E-state index in [1.165, 1.54) is 4.57 Å². The molecule has 0 amide bonds. The first-order valence-corrected chi connectivity index (χ1v) is 10.9. The van der Waals surface area contributed by atoms with E-state index in [1.807, 2.05) is 13.8 Å². The average Bonchev–Trinajstić information content (AvgIpc) is 2.76. The summed E-state index contributed by atoms with van der Waals surface area (Å²) in [6.07, 6.45) is -1.34. The SMILES string of the molecule is CC(C)Oc1ccc(N=c2[nH]c(=O)n(CC(O)CO)c(=O)n2Cc2ccc(Cl)cc2)cc1Cl. The zero-order chi connectivity index (χ0) is 24.1. The lowest BCUT2D eigenvalue weighted by Gasteiger charge is -2.13. The first-order valence-electron chi connectivity index (χ1n) is 10.2. The van der Waals surface area contributed by atoms with Crippen LogP contribution < -0.4 is 21.7 Å². The van der Waals surface area contributed by atoms with Gasteiger partial charge in [0.1, 0.15) is 5.75 Å². The van der Waals surface area contributed by atoms with Crippen LogP contribution in [0.15, 0.2) is 57.0 Å². The van der Waals surface area contributed by atoms with Crippen LogP contribution in [0.5, 0.6) is 5.75 Å². The molecule has 2 aromatic carbocycles. The molecule has 0 aliphatic rings. The zero-order valence-corrected chi connectivity index (χ0v) is 19.5. The average molecular weight is 495 g/mol. The van der Waals surface area contributed by atoms with Gasteiger partial charge >= 0.3 is 11.4 Å². The summed E-state index contributed by atoms with van der Waals surface area (Å²) in [6, 6.07) is 11.7. The lowest BCUT2D eigenvalue weighted by Crippen LogP contribution is -2.51. The van der Waals surface area contributed by atoms with Crippen molar-refractivity contribution in [3.05, 3.63) is 84.7 Å². The number of aliphatic hydroxyl groups excluding tert-OH is 2. The Morgan fingerprint density at radius 2 is 1.79 bits per heavy atom. The van der Waals surface area contributed by atoms with Gasteiger partial charge in [-0.2, -0.15) is 0 Å². The van der Waals surface area contributed by atoms with Gasteiger partial charge in [-0.3, -0.25) is 9.55 Å². The van der Waals surface area contributed by atoms with E-state index in [2.05, 4.69) is 9.98 Å². The van der Waals surface area contributed by atoms with Crippen LogP contribution in [0.2, 0.25) is 10.0 Å². The molecule has 1 aromatic heterocycles. The standard InChI is InChI=1S/C22H24Cl2N4O5/c1-13(2)33-19-8-7-16(9-18(19)24)25-20-26-21(31)28(11-17(30)12-29)22(32)27(20)10-14-3-5-15(23)6-4-14/h3-9,13,17,29-30H,10-12H2,1-2H3,(H,25,26,31). The molecule has 3 N–H and O–H groups in total. The summed E-state index contributed by atoms with van der Waals surface area (Å²) in [5, 5.41) is 19.7. The first-order chi connectivity index (χ1) is 15.7. The van der Waals surface area contributed by atoms with E-state index in [0.717, 1.165) is 10.1 Å². The summed E-state index contributed by atoms with van der Waals surface area (Å²) < 4.78 is 7.68. The number of benzene rings is 2. The van der Waals surface area contributed by atoms with Crippen LogP contribution in [0, 0.1) is 0 Å². The van der Waals surface area contributed by atoms with E-state index in [4.69, 9.17) is 33.0 Å². The lowest BCUT2D eigenvalue weighted by atomic mass is 10.2. The summed E-state index contributed by atoms with van der Waals surface area (Å²) in [7, 11) is 0. The predicted octanol–water partition coefficient (Wildman–Crippen LogP) is 2.07. The number of aromatic amines is 1. The summed E-state index contributed by atoms with van der Waals surface area (Å²) >= 11 is 12.2. The largest absolute Gasteiger partial charge is 0.489 e. The smallest absolute Gasteiger partial charge is 0.335 e. The summed E-state index contributed by atoms with van der Waals surface area (Å²) in [5.74, 6) is 0.488. The van der Waals surface area contributed by atoms with Crippen molar-refractivity contribution in [1.29, 1.82) is 0 Å². The molecule has 0 aliphatic carbocycles. The molecule has 11 heteroatoms. The van der Waals surface area contributed by atoms with E-state index >= 15 is 0 Å². The fourth-order valence-corrected chi connectivity index (χ4v) is 3.36. The van der Waals surface area contributed by atoms with Crippen LogP contribution >= 0.6 is 23.2 Å². The van der Waals surface area contributed by atoms with E-state index < -0.39 is 24.1 Å². The van der Waals surface area contributed by atoms with Gasteiger partial charge in [0.2, 0.25) is 5.62 Å². The Bertz CT molecular complexity index is 1300. The number of halogens is 2. The molecule has 0 spiro atoms. The highest BCUT2D eigenvalue weighted by Crippen LogP contribution is 2.29. The molecule has 0 fully saturated rings. The molecule has 0 saturated heterocycles. The molecule has 3 aromatic rings. The second kappa shape index (κ2) is 10.8. The number of nitrogens with one attached hydrogen (secondary N) is 1. The highest BCUT2D eigenvalue weighted by molar-refractivity contribution is 6.32. The van der Waals surface area contributed by atoms with Gasteiger partial charge in [-0.25, -0.2) is 19.1 Å². The van der Waals surface area contributed by atoms with Crippen molar-refractivity contribution >= 4 is 28.9 Å². The molecule has 33 heavy (non-hydrogen) atoms. The highest BCUT2D eigenvalue weighted by atomic mass is 35.5. The number of hydrogen-bond donors (Lipinski definition) is 3. The quantitative estimate of drug-likeness (QED) is 0.442. The minimum atomic E-state index is -1.28. The Balaban J connectivity index is 2.15. The van der Waals surface area contributed by atoms with Gasteiger partial charge < -0.3 is 14.9 Å². The maximum Gasteiger partial charge on any atom is 0.335 e. The zero-order valence-electron chi connectivity index (χ0n) is 18.0. The molecule has 0 saturated carbocycles. The van der Waals surface area contributed by atoms with Crippen LogP contribution in [-0.2, 0) is 13.1 Å². The number of ether oxygens (including phenoxy) is 1. The number of rotatable bonds is 8. The van der Waals surface area contributed by atoms with Crippen LogP contribution in [0.3, 0.4) is 0 Å². The highest BCUT2D eigenvalue weighted by Gasteiger charge is 2.14. The van der Waals surface area contributed by atoms with Gasteiger partial charge in [-0.05, 0) is 49.7 Å². The third-order valence-electron chi connectivity index (χ3n) is 4.55. The Kier molecular flexibility index (Phi) is 8.15. The monoisotopic (exact) mass is 494 g/mol. The molecule has 0 bridgehead atoms. The van der Waals surface area contributed by atoms with Crippen LogP contribution in [0.25, 0.3) is 0 Å². The molecule has 0 aliphatic heterocycles. The molecular weight excluding hydrogens is 471 g/mol. The van der Waals surface area contributed by atoms with Gasteiger partial charge in [-0.1, -0.05) is 35.3 Å². The van der Waals surface area contributed by atoms with Crippen molar-refractivity contribution in [2.24, 2.45) is 4.99 Å². The van der Waals surface area contributed by atoms with Crippen LogP contribution in [0.4, 0.5) is 5.69 Å².